The first-order valence-corrected chi connectivity index (χ1v) is 19.4. The summed E-state index contributed by atoms with van der Waals surface area (Å²) >= 11 is 0. The summed E-state index contributed by atoms with van der Waals surface area (Å²) in [5, 5.41) is 68.5. The Hall–Kier alpha value is -7.76. The van der Waals surface area contributed by atoms with Gasteiger partial charge in [-0.15, -0.1) is 0 Å². The van der Waals surface area contributed by atoms with Crippen molar-refractivity contribution in [3.8, 4) is 34.5 Å². The Morgan fingerprint density at radius 3 is 1.11 bits per heavy atom. The van der Waals surface area contributed by atoms with Gasteiger partial charge in [0.1, 0.15) is 45.3 Å². The van der Waals surface area contributed by atoms with E-state index < -0.39 is 92.0 Å². The predicted molar refractivity (Wildman–Crippen MR) is 231 cm³/mol. The molecule has 340 valence electrons. The summed E-state index contributed by atoms with van der Waals surface area (Å²) in [6.07, 6.45) is -10.2. The summed E-state index contributed by atoms with van der Waals surface area (Å²) in [7, 11) is 0. The lowest BCUT2D eigenvalue weighted by Gasteiger charge is -2.34. The minimum Gasteiger partial charge on any atom is -0.507 e. The summed E-state index contributed by atoms with van der Waals surface area (Å²) in [5.41, 5.74) is 2.98. The second-order valence-electron chi connectivity index (χ2n) is 16.0. The Labute approximate surface area is 367 Å². The number of nitrogens with one attached hydrogen (secondary N) is 2. The van der Waals surface area contributed by atoms with Crippen LogP contribution in [0.15, 0.2) is 97.1 Å². The number of aryl methyl sites for hydroxylation is 2. The van der Waals surface area contributed by atoms with Gasteiger partial charge in [0.15, 0.2) is 0 Å². The molecule has 18 heteroatoms. The van der Waals surface area contributed by atoms with Gasteiger partial charge in [0, 0.05) is 6.42 Å². The van der Waals surface area contributed by atoms with Crippen LogP contribution in [0, 0.1) is 13.8 Å². The Morgan fingerprint density at radius 2 is 0.800 bits per heavy atom. The maximum atomic E-state index is 14.8. The lowest BCUT2D eigenvalue weighted by atomic mass is 9.75. The number of aromatic hydroxyl groups is 6. The normalized spacial score (nSPS) is 13.7. The molecule has 2 unspecified atom stereocenters. The molecule has 0 bridgehead atoms. The molecule has 12 nitrogen and oxygen atoms in total. The molecule has 0 aliphatic heterocycles. The molecule has 0 saturated heterocycles. The van der Waals surface area contributed by atoms with Crippen molar-refractivity contribution in [2.24, 2.45) is 0 Å². The van der Waals surface area contributed by atoms with Crippen molar-refractivity contribution in [3.63, 3.8) is 0 Å². The maximum absolute atomic E-state index is 14.8. The molecule has 12 N–H and O–H groups in total. The molecule has 6 aromatic carbocycles. The van der Waals surface area contributed by atoms with Gasteiger partial charge in [0.2, 0.25) is 0 Å². The van der Waals surface area contributed by atoms with Gasteiger partial charge in [0.05, 0.1) is 33.9 Å². The van der Waals surface area contributed by atoms with Gasteiger partial charge >= 0.3 is 12.4 Å². The molecular formula is C47H42F6N4O8. The summed E-state index contributed by atoms with van der Waals surface area (Å²) in [6, 6.07) is 17.2. The quantitative estimate of drug-likeness (QED) is 0.0355. The molecule has 65 heavy (non-hydrogen) atoms. The van der Waals surface area contributed by atoms with Crippen LogP contribution in [0.2, 0.25) is 0 Å². The van der Waals surface area contributed by atoms with Gasteiger partial charge in [-0.1, -0.05) is 36.4 Å². The summed E-state index contributed by atoms with van der Waals surface area (Å²) in [4.78, 5) is 27.4. The fourth-order valence-electron chi connectivity index (χ4n) is 7.52. The van der Waals surface area contributed by atoms with Gasteiger partial charge in [-0.05, 0) is 133 Å². The number of benzene rings is 6. The van der Waals surface area contributed by atoms with E-state index in [0.29, 0.717) is 11.1 Å². The Morgan fingerprint density at radius 1 is 0.492 bits per heavy atom. The van der Waals surface area contributed by atoms with E-state index >= 15 is 0 Å². The third-order valence-corrected chi connectivity index (χ3v) is 11.5. The number of anilines is 4. The maximum Gasteiger partial charge on any atom is 0.402 e. The SMILES string of the molecule is Cc1cc(Cc2cc(C)cc(C(=O)Nc3cc(C(C)(c4ccc(O)c(N)c4)C(F)(F)F)ccc3O)c2O)c(O)c(C(=O)Nc2cc(C(C)(c3ccc(O)c(N)c3)C(F)(F)F)ccc2O)c1. The van der Waals surface area contributed by atoms with Crippen LogP contribution >= 0.6 is 0 Å². The summed E-state index contributed by atoms with van der Waals surface area (Å²) < 4.78 is 88.8. The molecule has 2 amide bonds. The van der Waals surface area contributed by atoms with E-state index in [1.54, 1.807) is 13.8 Å². The highest BCUT2D eigenvalue weighted by Crippen LogP contribution is 2.50. The number of nitrogen functional groups attached to an aromatic ring is 2. The lowest BCUT2D eigenvalue weighted by Crippen LogP contribution is -2.40. The zero-order valence-electron chi connectivity index (χ0n) is 34.9. The monoisotopic (exact) mass is 904 g/mol. The number of hydrogen-bond acceptors (Lipinski definition) is 10. The zero-order chi connectivity index (χ0) is 48.1. The molecule has 6 aromatic rings. The Balaban J connectivity index is 1.30. The van der Waals surface area contributed by atoms with Crippen LogP contribution < -0.4 is 22.1 Å². The highest BCUT2D eigenvalue weighted by molar-refractivity contribution is 6.08. The van der Waals surface area contributed by atoms with Gasteiger partial charge in [-0.25, -0.2) is 0 Å². The fourth-order valence-corrected chi connectivity index (χ4v) is 7.52. The molecule has 0 fully saturated rings. The third-order valence-electron chi connectivity index (χ3n) is 11.5. The minimum atomic E-state index is -4.95. The van der Waals surface area contributed by atoms with E-state index in [9.17, 15) is 66.6 Å². The summed E-state index contributed by atoms with van der Waals surface area (Å²) in [6.45, 7) is 4.84. The molecule has 0 saturated carbocycles. The van der Waals surface area contributed by atoms with Crippen molar-refractivity contribution in [2.75, 3.05) is 22.1 Å². The average Bonchev–Trinajstić information content (AvgIpc) is 3.22. The highest BCUT2D eigenvalue weighted by atomic mass is 19.4. The Bertz CT molecular complexity index is 2690. The third kappa shape index (κ3) is 8.66. The number of halogens is 6. The van der Waals surface area contributed by atoms with Gasteiger partial charge < -0.3 is 52.7 Å². The second kappa shape index (κ2) is 16.7. The van der Waals surface area contributed by atoms with E-state index in [0.717, 1.165) is 86.6 Å². The largest absolute Gasteiger partial charge is 0.507 e. The first kappa shape index (κ1) is 46.7. The van der Waals surface area contributed by atoms with Crippen molar-refractivity contribution in [3.05, 3.63) is 153 Å². The number of rotatable bonds is 10. The number of phenolic OH excluding ortho intramolecular Hbond substituents is 6. The smallest absolute Gasteiger partial charge is 0.402 e. The van der Waals surface area contributed by atoms with Crippen molar-refractivity contribution < 1.29 is 66.6 Å². The molecule has 0 aliphatic rings. The first-order valence-electron chi connectivity index (χ1n) is 19.4. The standard InChI is InChI=1S/C47H42F6N4O8/c1-22-13-24(40(62)30(15-22)42(64)56-34-20-28(7-11-38(34)60)44(3,46(48,49)50)26-5-9-36(58)32(54)18-26)17-25-14-23(2)16-31(41(25)63)43(65)57-35-21-29(8-12-39(35)61)45(4,47(51,52)53)27-6-10-37(59)33(55)19-27/h5-16,18-21,58-63H,17,54-55H2,1-4H3,(H,56,64)(H,57,65). The number of carbonyl (C=O) groups is 2. The van der Waals surface area contributed by atoms with Crippen molar-refractivity contribution in [1.82, 2.24) is 0 Å². The van der Waals surface area contributed by atoms with E-state index in [1.165, 1.54) is 24.3 Å². The van der Waals surface area contributed by atoms with Crippen molar-refractivity contribution in [1.29, 1.82) is 0 Å². The van der Waals surface area contributed by atoms with Crippen molar-refractivity contribution >= 4 is 34.6 Å². The van der Waals surface area contributed by atoms with E-state index in [4.69, 9.17) is 11.5 Å². The van der Waals surface area contributed by atoms with E-state index in [2.05, 4.69) is 10.6 Å². The molecule has 6 rings (SSSR count). The van der Waals surface area contributed by atoms with Gasteiger partial charge in [-0.2, -0.15) is 26.3 Å². The number of nitrogens with two attached hydrogens (primary N) is 2. The molecule has 0 spiro atoms. The van der Waals surface area contributed by atoms with Crippen molar-refractivity contribution in [2.45, 2.75) is 57.3 Å². The molecular weight excluding hydrogens is 863 g/mol. The van der Waals surface area contributed by atoms with Crippen LogP contribution in [-0.4, -0.2) is 54.8 Å². The molecule has 0 heterocycles. The second-order valence-corrected chi connectivity index (χ2v) is 16.0. The van der Waals surface area contributed by atoms with Crippen LogP contribution in [0.3, 0.4) is 0 Å². The molecule has 0 aromatic heterocycles. The van der Waals surface area contributed by atoms with Crippen LogP contribution in [0.5, 0.6) is 34.5 Å². The van der Waals surface area contributed by atoms with E-state index in [1.807, 2.05) is 0 Å². The predicted octanol–water partition coefficient (Wildman–Crippen LogP) is 9.53. The lowest BCUT2D eigenvalue weighted by molar-refractivity contribution is -0.173. The number of amides is 2. The molecule has 0 aliphatic carbocycles. The highest BCUT2D eigenvalue weighted by Gasteiger charge is 2.55. The fraction of sp³-hybridized carbons (Fsp3) is 0.191. The zero-order valence-corrected chi connectivity index (χ0v) is 34.9. The molecule has 0 radical (unpaired) electrons. The summed E-state index contributed by atoms with van der Waals surface area (Å²) in [5.74, 6) is -5.44. The number of phenols is 6. The average molecular weight is 905 g/mol. The topological polar surface area (TPSA) is 232 Å². The van der Waals surface area contributed by atoms with Gasteiger partial charge in [-0.3, -0.25) is 9.59 Å². The number of carbonyl (C=O) groups excluding carboxylic acids is 2. The molecule has 2 atom stereocenters. The minimum absolute atomic E-state index is 0.0431. The Kier molecular flexibility index (Phi) is 12.0. The van der Waals surface area contributed by atoms with Crippen LogP contribution in [0.4, 0.5) is 49.1 Å². The number of hydrogen-bond donors (Lipinski definition) is 10. The number of alkyl halides is 6. The van der Waals surface area contributed by atoms with Crippen LogP contribution in [0.1, 0.15) is 79.1 Å². The van der Waals surface area contributed by atoms with E-state index in [-0.39, 0.29) is 51.2 Å². The first-order chi connectivity index (χ1) is 30.2. The van der Waals surface area contributed by atoms with Crippen LogP contribution in [-0.2, 0) is 17.3 Å². The van der Waals surface area contributed by atoms with Gasteiger partial charge in [0.25, 0.3) is 11.8 Å². The van der Waals surface area contributed by atoms with Crippen LogP contribution in [0.25, 0.3) is 0 Å².